The van der Waals surface area contributed by atoms with Crippen molar-refractivity contribution in [3.8, 4) is 5.75 Å². The number of halogens is 2. The van der Waals surface area contributed by atoms with E-state index in [4.69, 9.17) is 0 Å². The zero-order valence-corrected chi connectivity index (χ0v) is 18.1. The molecule has 0 bridgehead atoms. The summed E-state index contributed by atoms with van der Waals surface area (Å²) in [5.41, 5.74) is 2.68. The third kappa shape index (κ3) is 7.39. The minimum Gasteiger partial charge on any atom is -0.435 e. The lowest BCUT2D eigenvalue weighted by atomic mass is 10.0. The Balaban J connectivity index is 1.63. The van der Waals surface area contributed by atoms with Crippen molar-refractivity contribution in [2.75, 3.05) is 16.4 Å². The molecule has 0 fully saturated rings. The second-order valence-corrected chi connectivity index (χ2v) is 7.95. The van der Waals surface area contributed by atoms with Gasteiger partial charge in [-0.3, -0.25) is 9.59 Å². The molecule has 3 rings (SSSR count). The SMILES string of the molecule is CC(=O)Nc1ccc(SCC(=O)Nc2ccc(OC(F)F)c(Cc3ccccc3)c2)cc1. The number of hydrogen-bond acceptors (Lipinski definition) is 4. The molecule has 0 unspecified atom stereocenters. The normalized spacial score (nSPS) is 10.6. The fourth-order valence-electron chi connectivity index (χ4n) is 3.01. The Morgan fingerprint density at radius 3 is 2.28 bits per heavy atom. The van der Waals surface area contributed by atoms with Crippen molar-refractivity contribution in [2.45, 2.75) is 24.9 Å². The van der Waals surface area contributed by atoms with Crippen LogP contribution in [0.5, 0.6) is 5.75 Å². The molecule has 166 valence electrons. The van der Waals surface area contributed by atoms with Gasteiger partial charge in [-0.25, -0.2) is 0 Å². The summed E-state index contributed by atoms with van der Waals surface area (Å²) in [6, 6.07) is 21.2. The van der Waals surface area contributed by atoms with E-state index in [2.05, 4.69) is 15.4 Å². The molecule has 2 N–H and O–H groups in total. The van der Waals surface area contributed by atoms with E-state index in [1.54, 1.807) is 18.2 Å². The van der Waals surface area contributed by atoms with Crippen LogP contribution in [0.25, 0.3) is 0 Å². The summed E-state index contributed by atoms with van der Waals surface area (Å²) in [4.78, 5) is 24.3. The molecule has 2 amide bonds. The Labute approximate surface area is 189 Å². The highest BCUT2D eigenvalue weighted by molar-refractivity contribution is 8.00. The average molecular weight is 457 g/mol. The number of hydrogen-bond donors (Lipinski definition) is 2. The topological polar surface area (TPSA) is 67.4 Å². The van der Waals surface area contributed by atoms with Gasteiger partial charge >= 0.3 is 6.61 Å². The molecule has 8 heteroatoms. The maximum absolute atomic E-state index is 12.8. The van der Waals surface area contributed by atoms with Crippen LogP contribution >= 0.6 is 11.8 Å². The third-order valence-electron chi connectivity index (χ3n) is 4.34. The van der Waals surface area contributed by atoms with Crippen LogP contribution in [0.1, 0.15) is 18.1 Å². The molecule has 0 saturated heterocycles. The van der Waals surface area contributed by atoms with Crippen LogP contribution in [-0.2, 0) is 16.0 Å². The molecule has 0 aliphatic heterocycles. The lowest BCUT2D eigenvalue weighted by Crippen LogP contribution is -2.14. The molecular formula is C24H22F2N2O3S. The van der Waals surface area contributed by atoms with Crippen LogP contribution in [0.15, 0.2) is 77.7 Å². The minimum atomic E-state index is -2.93. The highest BCUT2D eigenvalue weighted by Gasteiger charge is 2.13. The molecule has 0 saturated carbocycles. The van der Waals surface area contributed by atoms with Crippen molar-refractivity contribution >= 4 is 35.0 Å². The standard InChI is InChI=1S/C24H22F2N2O3S/c1-16(29)27-19-7-10-21(11-8-19)32-15-23(30)28-20-9-12-22(31-24(25)26)18(14-20)13-17-5-3-2-4-6-17/h2-12,14,24H,13,15H2,1H3,(H,27,29)(H,28,30). The predicted molar refractivity (Wildman–Crippen MR) is 122 cm³/mol. The number of alkyl halides is 2. The summed E-state index contributed by atoms with van der Waals surface area (Å²) in [6.45, 7) is -1.50. The molecular weight excluding hydrogens is 434 g/mol. The number of carbonyl (C=O) groups is 2. The van der Waals surface area contributed by atoms with E-state index in [9.17, 15) is 18.4 Å². The van der Waals surface area contributed by atoms with Crippen LogP contribution < -0.4 is 15.4 Å². The average Bonchev–Trinajstić information content (AvgIpc) is 2.75. The number of benzene rings is 3. The number of thioether (sulfide) groups is 1. The van der Waals surface area contributed by atoms with Crippen LogP contribution in [0.2, 0.25) is 0 Å². The van der Waals surface area contributed by atoms with Gasteiger partial charge < -0.3 is 15.4 Å². The Kier molecular flexibility index (Phi) is 8.21. The van der Waals surface area contributed by atoms with Crippen molar-refractivity contribution in [2.24, 2.45) is 0 Å². The van der Waals surface area contributed by atoms with Crippen LogP contribution in [0, 0.1) is 0 Å². The summed E-state index contributed by atoms with van der Waals surface area (Å²) < 4.78 is 30.2. The number of ether oxygens (including phenoxy) is 1. The molecule has 0 heterocycles. The van der Waals surface area contributed by atoms with Crippen LogP contribution in [0.4, 0.5) is 20.2 Å². The van der Waals surface area contributed by atoms with Crippen molar-refractivity contribution in [3.05, 3.63) is 83.9 Å². The second kappa shape index (κ2) is 11.3. The van der Waals surface area contributed by atoms with Crippen LogP contribution in [0.3, 0.4) is 0 Å². The summed E-state index contributed by atoms with van der Waals surface area (Å²) in [5, 5.41) is 5.48. The molecule has 0 aliphatic carbocycles. The largest absolute Gasteiger partial charge is 0.435 e. The fourth-order valence-corrected chi connectivity index (χ4v) is 3.70. The summed E-state index contributed by atoms with van der Waals surface area (Å²) in [5.74, 6) is -0.131. The number of anilines is 2. The first-order valence-electron chi connectivity index (χ1n) is 9.81. The van der Waals surface area contributed by atoms with Gasteiger partial charge in [-0.05, 0) is 48.0 Å². The monoisotopic (exact) mass is 456 g/mol. The predicted octanol–water partition coefficient (Wildman–Crippen LogP) is 5.57. The highest BCUT2D eigenvalue weighted by Crippen LogP contribution is 2.27. The summed E-state index contributed by atoms with van der Waals surface area (Å²) in [6.07, 6.45) is 0.391. The summed E-state index contributed by atoms with van der Waals surface area (Å²) in [7, 11) is 0. The van der Waals surface area contributed by atoms with E-state index in [-0.39, 0.29) is 23.3 Å². The molecule has 32 heavy (non-hydrogen) atoms. The lowest BCUT2D eigenvalue weighted by Gasteiger charge is -2.13. The molecule has 0 aromatic heterocycles. The van der Waals surface area contributed by atoms with Crippen LogP contribution in [-0.4, -0.2) is 24.2 Å². The van der Waals surface area contributed by atoms with Gasteiger partial charge in [0, 0.05) is 35.2 Å². The Bertz CT molecular complexity index is 1060. The zero-order valence-electron chi connectivity index (χ0n) is 17.3. The Hall–Kier alpha value is -3.39. The number of rotatable bonds is 9. The minimum absolute atomic E-state index is 0.0792. The molecule has 0 radical (unpaired) electrons. The molecule has 0 spiro atoms. The molecule has 0 atom stereocenters. The molecule has 3 aromatic rings. The van der Waals surface area contributed by atoms with Gasteiger partial charge in [-0.15, -0.1) is 11.8 Å². The smallest absolute Gasteiger partial charge is 0.387 e. The van der Waals surface area contributed by atoms with E-state index in [0.717, 1.165) is 10.5 Å². The first kappa shape index (κ1) is 23.3. The number of amides is 2. The van der Waals surface area contributed by atoms with Gasteiger partial charge in [0.2, 0.25) is 11.8 Å². The van der Waals surface area contributed by atoms with Gasteiger partial charge in [-0.2, -0.15) is 8.78 Å². The van der Waals surface area contributed by atoms with E-state index < -0.39 is 6.61 Å². The molecule has 0 aliphatic rings. The van der Waals surface area contributed by atoms with Gasteiger partial charge in [0.1, 0.15) is 5.75 Å². The molecule has 3 aromatic carbocycles. The maximum atomic E-state index is 12.8. The van der Waals surface area contributed by atoms with Crippen molar-refractivity contribution in [3.63, 3.8) is 0 Å². The van der Waals surface area contributed by atoms with Crippen molar-refractivity contribution in [1.82, 2.24) is 0 Å². The van der Waals surface area contributed by atoms with Crippen molar-refractivity contribution in [1.29, 1.82) is 0 Å². The van der Waals surface area contributed by atoms with E-state index >= 15 is 0 Å². The van der Waals surface area contributed by atoms with E-state index in [1.807, 2.05) is 42.5 Å². The van der Waals surface area contributed by atoms with Gasteiger partial charge in [0.05, 0.1) is 5.75 Å². The lowest BCUT2D eigenvalue weighted by molar-refractivity contribution is -0.114. The third-order valence-corrected chi connectivity index (χ3v) is 5.35. The van der Waals surface area contributed by atoms with E-state index in [0.29, 0.717) is 23.4 Å². The fraction of sp³-hybridized carbons (Fsp3) is 0.167. The first-order chi connectivity index (χ1) is 15.4. The van der Waals surface area contributed by atoms with Gasteiger partial charge in [0.15, 0.2) is 0 Å². The van der Waals surface area contributed by atoms with Gasteiger partial charge in [-0.1, -0.05) is 30.3 Å². The first-order valence-corrected chi connectivity index (χ1v) is 10.8. The highest BCUT2D eigenvalue weighted by atomic mass is 32.2. The van der Waals surface area contributed by atoms with E-state index in [1.165, 1.54) is 30.8 Å². The number of nitrogens with one attached hydrogen (secondary N) is 2. The maximum Gasteiger partial charge on any atom is 0.387 e. The second-order valence-electron chi connectivity index (χ2n) is 6.91. The summed E-state index contributed by atoms with van der Waals surface area (Å²) >= 11 is 1.35. The quantitative estimate of drug-likeness (QED) is 0.413. The van der Waals surface area contributed by atoms with Crippen molar-refractivity contribution < 1.29 is 23.1 Å². The zero-order chi connectivity index (χ0) is 22.9. The van der Waals surface area contributed by atoms with Gasteiger partial charge in [0.25, 0.3) is 0 Å². The Morgan fingerprint density at radius 2 is 1.62 bits per heavy atom. The Morgan fingerprint density at radius 1 is 0.938 bits per heavy atom. The number of carbonyl (C=O) groups excluding carboxylic acids is 2. The molecule has 5 nitrogen and oxygen atoms in total.